The van der Waals surface area contributed by atoms with E-state index in [1.807, 2.05) is 27.7 Å². The number of nitrogens with zero attached hydrogens (tertiary/aromatic N) is 2. The van der Waals surface area contributed by atoms with Crippen LogP contribution in [-0.2, 0) is 9.59 Å². The van der Waals surface area contributed by atoms with Crippen LogP contribution in [0.4, 0.5) is 0 Å². The predicted octanol–water partition coefficient (Wildman–Crippen LogP) is 1.51. The SMILES string of the molecule is CC1(C)CC(N)CC(C)(C)N1C(=O)C(=O)N1CCCCC1. The van der Waals surface area contributed by atoms with Gasteiger partial charge in [0.25, 0.3) is 0 Å². The zero-order valence-corrected chi connectivity index (χ0v) is 13.8. The van der Waals surface area contributed by atoms with Crippen LogP contribution < -0.4 is 5.73 Å². The Morgan fingerprint density at radius 1 is 0.905 bits per heavy atom. The maximum Gasteiger partial charge on any atom is 0.312 e. The highest BCUT2D eigenvalue weighted by Crippen LogP contribution is 2.38. The molecular formula is C16H29N3O2. The predicted molar refractivity (Wildman–Crippen MR) is 82.6 cm³/mol. The van der Waals surface area contributed by atoms with Crippen molar-refractivity contribution in [2.45, 2.75) is 76.9 Å². The van der Waals surface area contributed by atoms with Gasteiger partial charge >= 0.3 is 11.8 Å². The Morgan fingerprint density at radius 3 is 1.86 bits per heavy atom. The molecule has 2 aliphatic rings. The fourth-order valence-corrected chi connectivity index (χ4v) is 4.24. The van der Waals surface area contributed by atoms with E-state index in [0.29, 0.717) is 13.1 Å². The molecule has 2 N–H and O–H groups in total. The van der Waals surface area contributed by atoms with Crippen molar-refractivity contribution in [1.29, 1.82) is 0 Å². The van der Waals surface area contributed by atoms with Gasteiger partial charge in [-0.3, -0.25) is 9.59 Å². The number of hydrogen-bond donors (Lipinski definition) is 1. The molecule has 2 aliphatic heterocycles. The number of carbonyl (C=O) groups excluding carboxylic acids is 2. The molecule has 0 atom stereocenters. The van der Waals surface area contributed by atoms with Gasteiger partial charge in [-0.2, -0.15) is 0 Å². The summed E-state index contributed by atoms with van der Waals surface area (Å²) in [6, 6.07) is 0.0733. The normalized spacial score (nSPS) is 25.8. The molecule has 0 unspecified atom stereocenters. The van der Waals surface area contributed by atoms with Gasteiger partial charge in [-0.25, -0.2) is 0 Å². The number of carbonyl (C=O) groups is 2. The molecule has 0 aromatic rings. The third-order valence-electron chi connectivity index (χ3n) is 4.76. The van der Waals surface area contributed by atoms with Crippen molar-refractivity contribution >= 4 is 11.8 Å². The van der Waals surface area contributed by atoms with Crippen molar-refractivity contribution in [3.63, 3.8) is 0 Å². The van der Waals surface area contributed by atoms with Gasteiger partial charge in [-0.1, -0.05) is 0 Å². The molecule has 0 aliphatic carbocycles. The minimum atomic E-state index is -0.385. The van der Waals surface area contributed by atoms with Gasteiger partial charge in [-0.05, 0) is 59.8 Å². The van der Waals surface area contributed by atoms with Crippen LogP contribution >= 0.6 is 0 Å². The molecule has 0 saturated carbocycles. The van der Waals surface area contributed by atoms with E-state index in [-0.39, 0.29) is 28.9 Å². The summed E-state index contributed by atoms with van der Waals surface area (Å²) in [5.74, 6) is -0.704. The number of nitrogens with two attached hydrogens (primary N) is 1. The fourth-order valence-electron chi connectivity index (χ4n) is 4.24. The highest BCUT2D eigenvalue weighted by atomic mass is 16.2. The van der Waals surface area contributed by atoms with Crippen LogP contribution in [0.1, 0.15) is 59.8 Å². The second kappa shape index (κ2) is 5.59. The molecule has 0 aromatic carbocycles. The second-order valence-corrected chi connectivity index (χ2v) is 7.79. The molecule has 2 saturated heterocycles. The quantitative estimate of drug-likeness (QED) is 0.689. The summed E-state index contributed by atoms with van der Waals surface area (Å²) in [6.45, 7) is 9.45. The lowest BCUT2D eigenvalue weighted by atomic mass is 9.77. The maximum atomic E-state index is 12.8. The molecule has 0 spiro atoms. The molecule has 0 bridgehead atoms. The zero-order chi connectivity index (χ0) is 15.8. The van der Waals surface area contributed by atoms with Crippen LogP contribution in [0.5, 0.6) is 0 Å². The molecule has 2 heterocycles. The fraction of sp³-hybridized carbons (Fsp3) is 0.875. The highest BCUT2D eigenvalue weighted by molar-refractivity contribution is 6.35. The van der Waals surface area contributed by atoms with E-state index in [4.69, 9.17) is 5.73 Å². The van der Waals surface area contributed by atoms with Gasteiger partial charge in [0.2, 0.25) is 0 Å². The van der Waals surface area contributed by atoms with Crippen molar-refractivity contribution in [2.24, 2.45) is 5.73 Å². The molecule has 120 valence electrons. The third kappa shape index (κ3) is 3.23. The monoisotopic (exact) mass is 295 g/mol. The first-order valence-electron chi connectivity index (χ1n) is 8.04. The molecule has 5 nitrogen and oxygen atoms in total. The summed E-state index contributed by atoms with van der Waals surface area (Å²) >= 11 is 0. The Hall–Kier alpha value is -1.10. The molecule has 5 heteroatoms. The first-order chi connectivity index (χ1) is 9.65. The lowest BCUT2D eigenvalue weighted by Gasteiger charge is -2.54. The number of piperidine rings is 2. The van der Waals surface area contributed by atoms with Crippen LogP contribution in [0.25, 0.3) is 0 Å². The molecule has 0 aromatic heterocycles. The molecular weight excluding hydrogens is 266 g/mol. The Kier molecular flexibility index (Phi) is 4.34. The third-order valence-corrected chi connectivity index (χ3v) is 4.76. The molecule has 2 amide bonds. The van der Waals surface area contributed by atoms with E-state index in [2.05, 4.69) is 0 Å². The second-order valence-electron chi connectivity index (χ2n) is 7.79. The highest BCUT2D eigenvalue weighted by Gasteiger charge is 2.49. The Balaban J connectivity index is 2.20. The largest absolute Gasteiger partial charge is 0.334 e. The van der Waals surface area contributed by atoms with E-state index in [0.717, 1.165) is 32.1 Å². The van der Waals surface area contributed by atoms with Crippen molar-refractivity contribution in [3.8, 4) is 0 Å². The van der Waals surface area contributed by atoms with Gasteiger partial charge in [0, 0.05) is 30.2 Å². The number of rotatable bonds is 0. The van der Waals surface area contributed by atoms with Crippen molar-refractivity contribution < 1.29 is 9.59 Å². The smallest absolute Gasteiger partial charge is 0.312 e. The molecule has 2 fully saturated rings. The van der Waals surface area contributed by atoms with Crippen LogP contribution in [0.2, 0.25) is 0 Å². The maximum absolute atomic E-state index is 12.8. The van der Waals surface area contributed by atoms with E-state index in [1.54, 1.807) is 9.80 Å². The zero-order valence-electron chi connectivity index (χ0n) is 13.8. The number of amides is 2. The standard InChI is InChI=1S/C16H29N3O2/c1-15(2)10-12(17)11-16(3,4)19(15)14(21)13(20)18-8-6-5-7-9-18/h12H,5-11,17H2,1-4H3. The number of hydrogen-bond acceptors (Lipinski definition) is 3. The van der Waals surface area contributed by atoms with E-state index < -0.39 is 0 Å². The first-order valence-corrected chi connectivity index (χ1v) is 8.04. The van der Waals surface area contributed by atoms with E-state index in [1.165, 1.54) is 0 Å². The summed E-state index contributed by atoms with van der Waals surface area (Å²) in [7, 11) is 0. The molecule has 21 heavy (non-hydrogen) atoms. The van der Waals surface area contributed by atoms with Crippen LogP contribution in [-0.4, -0.2) is 51.8 Å². The number of likely N-dealkylation sites (tertiary alicyclic amines) is 2. The Morgan fingerprint density at radius 2 is 1.38 bits per heavy atom. The van der Waals surface area contributed by atoms with Gasteiger partial charge in [0.15, 0.2) is 0 Å². The van der Waals surface area contributed by atoms with E-state index in [9.17, 15) is 9.59 Å². The summed E-state index contributed by atoms with van der Waals surface area (Å²) < 4.78 is 0. The summed E-state index contributed by atoms with van der Waals surface area (Å²) in [6.07, 6.45) is 4.60. The van der Waals surface area contributed by atoms with Crippen LogP contribution in [0, 0.1) is 0 Å². The minimum absolute atomic E-state index is 0.0733. The van der Waals surface area contributed by atoms with Crippen molar-refractivity contribution in [1.82, 2.24) is 9.80 Å². The van der Waals surface area contributed by atoms with Crippen LogP contribution in [0.3, 0.4) is 0 Å². The lowest BCUT2D eigenvalue weighted by molar-refractivity contribution is -0.164. The van der Waals surface area contributed by atoms with Gasteiger partial charge < -0.3 is 15.5 Å². The lowest BCUT2D eigenvalue weighted by Crippen LogP contribution is -2.67. The average Bonchev–Trinajstić information content (AvgIpc) is 2.35. The summed E-state index contributed by atoms with van der Waals surface area (Å²) in [4.78, 5) is 28.9. The minimum Gasteiger partial charge on any atom is -0.334 e. The van der Waals surface area contributed by atoms with Crippen LogP contribution in [0.15, 0.2) is 0 Å². The summed E-state index contributed by atoms with van der Waals surface area (Å²) in [5, 5.41) is 0. The molecule has 0 radical (unpaired) electrons. The van der Waals surface area contributed by atoms with Crippen molar-refractivity contribution in [3.05, 3.63) is 0 Å². The first kappa shape index (κ1) is 16.3. The topological polar surface area (TPSA) is 66.6 Å². The summed E-state index contributed by atoms with van der Waals surface area (Å²) in [5.41, 5.74) is 5.36. The Bertz CT molecular complexity index is 407. The van der Waals surface area contributed by atoms with E-state index >= 15 is 0 Å². The molecule has 2 rings (SSSR count). The average molecular weight is 295 g/mol. The van der Waals surface area contributed by atoms with Crippen molar-refractivity contribution in [2.75, 3.05) is 13.1 Å². The van der Waals surface area contributed by atoms with Gasteiger partial charge in [-0.15, -0.1) is 0 Å². The van der Waals surface area contributed by atoms with Gasteiger partial charge in [0.1, 0.15) is 0 Å². The Labute approximate surface area is 127 Å². The van der Waals surface area contributed by atoms with Gasteiger partial charge in [0.05, 0.1) is 0 Å².